The van der Waals surface area contributed by atoms with Crippen molar-refractivity contribution in [3.63, 3.8) is 0 Å². The molecule has 5 rings (SSSR count). The Kier molecular flexibility index (Phi) is 6.50. The monoisotopic (exact) mass is 496 g/mol. The van der Waals surface area contributed by atoms with Gasteiger partial charge >= 0.3 is 0 Å². The van der Waals surface area contributed by atoms with Crippen LogP contribution in [-0.2, 0) is 10.0 Å². The van der Waals surface area contributed by atoms with E-state index in [4.69, 9.17) is 4.42 Å². The van der Waals surface area contributed by atoms with E-state index in [9.17, 15) is 8.42 Å². The van der Waals surface area contributed by atoms with E-state index in [-0.39, 0.29) is 12.0 Å². The largest absolute Gasteiger partial charge is 0.419 e. The van der Waals surface area contributed by atoms with Crippen LogP contribution in [0.15, 0.2) is 46.9 Å². The van der Waals surface area contributed by atoms with Gasteiger partial charge in [0, 0.05) is 32.1 Å². The SMILES string of the molecule is CN(CC1CC1)c1cc(-c2nnc([C@H]3NCCC[C@H]3c3ccccc3)o2)cc(N(C)S(C)(=O)=O)n1. The number of anilines is 2. The molecule has 186 valence electrons. The quantitative estimate of drug-likeness (QED) is 0.505. The molecule has 1 saturated heterocycles. The molecular weight excluding hydrogens is 464 g/mol. The summed E-state index contributed by atoms with van der Waals surface area (Å²) in [4.78, 5) is 6.69. The second-order valence-corrected chi connectivity index (χ2v) is 11.7. The van der Waals surface area contributed by atoms with Crippen LogP contribution >= 0.6 is 0 Å². The van der Waals surface area contributed by atoms with Crippen LogP contribution in [0, 0.1) is 5.92 Å². The Bertz CT molecular complexity index is 1280. The molecule has 10 heteroatoms. The number of piperidine rings is 1. The van der Waals surface area contributed by atoms with E-state index in [1.54, 1.807) is 6.07 Å². The Hall–Kier alpha value is -2.98. The lowest BCUT2D eigenvalue weighted by Crippen LogP contribution is -2.33. The van der Waals surface area contributed by atoms with Crippen molar-refractivity contribution in [2.24, 2.45) is 5.92 Å². The number of rotatable bonds is 8. The third kappa shape index (κ3) is 5.33. The van der Waals surface area contributed by atoms with Crippen molar-refractivity contribution in [3.8, 4) is 11.5 Å². The molecule has 0 amide bonds. The minimum atomic E-state index is -3.48. The minimum absolute atomic E-state index is 0.0792. The first-order valence-corrected chi connectivity index (χ1v) is 13.9. The molecule has 0 radical (unpaired) electrons. The second kappa shape index (κ2) is 9.58. The zero-order chi connectivity index (χ0) is 24.6. The first-order valence-electron chi connectivity index (χ1n) is 12.1. The average Bonchev–Trinajstić information content (AvgIpc) is 3.54. The number of sulfonamides is 1. The third-order valence-corrected chi connectivity index (χ3v) is 8.06. The van der Waals surface area contributed by atoms with Crippen LogP contribution in [0.5, 0.6) is 0 Å². The highest BCUT2D eigenvalue weighted by atomic mass is 32.2. The van der Waals surface area contributed by atoms with Gasteiger partial charge in [0.2, 0.25) is 21.8 Å². The van der Waals surface area contributed by atoms with Gasteiger partial charge in [0.15, 0.2) is 0 Å². The van der Waals surface area contributed by atoms with Gasteiger partial charge < -0.3 is 14.6 Å². The molecule has 1 aromatic carbocycles. The summed E-state index contributed by atoms with van der Waals surface area (Å²) in [5.74, 6) is 2.78. The minimum Gasteiger partial charge on any atom is -0.419 e. The number of nitrogens with zero attached hydrogens (tertiary/aromatic N) is 5. The van der Waals surface area contributed by atoms with Gasteiger partial charge in [0.25, 0.3) is 0 Å². The molecular formula is C25H32N6O3S. The maximum atomic E-state index is 12.2. The van der Waals surface area contributed by atoms with E-state index < -0.39 is 10.0 Å². The van der Waals surface area contributed by atoms with E-state index >= 15 is 0 Å². The molecule has 1 aliphatic carbocycles. The van der Waals surface area contributed by atoms with Gasteiger partial charge in [-0.05, 0) is 55.8 Å². The summed E-state index contributed by atoms with van der Waals surface area (Å²) in [6.07, 6.45) is 5.71. The molecule has 2 aromatic heterocycles. The molecule has 0 spiro atoms. The van der Waals surface area contributed by atoms with Crippen LogP contribution in [0.25, 0.3) is 11.5 Å². The topological polar surface area (TPSA) is 104 Å². The molecule has 35 heavy (non-hydrogen) atoms. The van der Waals surface area contributed by atoms with Crippen molar-refractivity contribution < 1.29 is 12.8 Å². The van der Waals surface area contributed by atoms with E-state index in [0.29, 0.717) is 34.9 Å². The highest BCUT2D eigenvalue weighted by molar-refractivity contribution is 7.92. The fourth-order valence-electron chi connectivity index (χ4n) is 4.62. The van der Waals surface area contributed by atoms with Crippen LogP contribution in [0.4, 0.5) is 11.6 Å². The predicted molar refractivity (Wildman–Crippen MR) is 136 cm³/mol. The molecule has 3 aromatic rings. The summed E-state index contributed by atoms with van der Waals surface area (Å²) in [6, 6.07) is 13.9. The molecule has 1 N–H and O–H groups in total. The van der Waals surface area contributed by atoms with E-state index in [0.717, 1.165) is 32.2 Å². The Morgan fingerprint density at radius 2 is 1.80 bits per heavy atom. The summed E-state index contributed by atoms with van der Waals surface area (Å²) in [7, 11) is -0.00392. The molecule has 2 atom stereocenters. The summed E-state index contributed by atoms with van der Waals surface area (Å²) >= 11 is 0. The fourth-order valence-corrected chi connectivity index (χ4v) is 5.05. The van der Waals surface area contributed by atoms with E-state index in [1.807, 2.05) is 19.2 Å². The number of hydrogen-bond donors (Lipinski definition) is 1. The van der Waals surface area contributed by atoms with Crippen molar-refractivity contribution >= 4 is 21.7 Å². The van der Waals surface area contributed by atoms with Gasteiger partial charge in [-0.25, -0.2) is 13.4 Å². The number of benzene rings is 1. The van der Waals surface area contributed by atoms with Crippen LogP contribution < -0.4 is 14.5 Å². The molecule has 3 heterocycles. The summed E-state index contributed by atoms with van der Waals surface area (Å²) < 4.78 is 31.9. The van der Waals surface area contributed by atoms with E-state index in [2.05, 4.69) is 49.7 Å². The molecule has 1 saturated carbocycles. The van der Waals surface area contributed by atoms with Gasteiger partial charge in [-0.15, -0.1) is 10.2 Å². The van der Waals surface area contributed by atoms with Crippen molar-refractivity contribution in [3.05, 3.63) is 53.9 Å². The molecule has 2 fully saturated rings. The summed E-state index contributed by atoms with van der Waals surface area (Å²) in [6.45, 7) is 1.76. The van der Waals surface area contributed by atoms with Crippen molar-refractivity contribution in [1.29, 1.82) is 0 Å². The highest BCUT2D eigenvalue weighted by Gasteiger charge is 2.32. The smallest absolute Gasteiger partial charge is 0.248 e. The van der Waals surface area contributed by atoms with Gasteiger partial charge in [-0.2, -0.15) is 0 Å². The third-order valence-electron chi connectivity index (χ3n) is 6.88. The highest BCUT2D eigenvalue weighted by Crippen LogP contribution is 2.38. The summed E-state index contributed by atoms with van der Waals surface area (Å²) in [5, 5.41) is 12.3. The Labute approximate surface area is 206 Å². The van der Waals surface area contributed by atoms with Crippen LogP contribution in [0.3, 0.4) is 0 Å². The number of aromatic nitrogens is 3. The lowest BCUT2D eigenvalue weighted by Gasteiger charge is -2.30. The van der Waals surface area contributed by atoms with Crippen molar-refractivity contribution in [1.82, 2.24) is 20.5 Å². The molecule has 9 nitrogen and oxygen atoms in total. The normalized spacial score (nSPS) is 20.5. The van der Waals surface area contributed by atoms with Gasteiger partial charge in [-0.1, -0.05) is 30.3 Å². The Morgan fingerprint density at radius 3 is 2.51 bits per heavy atom. The first kappa shape index (κ1) is 23.7. The van der Waals surface area contributed by atoms with Crippen molar-refractivity contribution in [2.45, 2.75) is 37.6 Å². The van der Waals surface area contributed by atoms with Crippen LogP contribution in [0.2, 0.25) is 0 Å². The molecule has 0 bridgehead atoms. The van der Waals surface area contributed by atoms with Crippen LogP contribution in [-0.4, -0.2) is 57.0 Å². The molecule has 0 unspecified atom stereocenters. The summed E-state index contributed by atoms with van der Waals surface area (Å²) in [5.41, 5.74) is 1.89. The standard InChI is InChI=1S/C25H32N6O3S/c1-30(16-17-11-12-17)21-14-19(15-22(27-21)31(2)35(3,32)33)24-28-29-25(34-24)23-20(10-7-13-26-23)18-8-5-4-6-9-18/h4-6,8-9,14-15,17,20,23,26H,7,10-13,16H2,1-3H3/t20-,23-/m0/s1. The first-order chi connectivity index (χ1) is 16.8. The Balaban J connectivity index is 1.49. The van der Waals surface area contributed by atoms with Gasteiger partial charge in [0.05, 0.1) is 12.3 Å². The Morgan fingerprint density at radius 1 is 1.06 bits per heavy atom. The number of pyridine rings is 1. The zero-order valence-corrected chi connectivity index (χ0v) is 21.2. The number of nitrogens with one attached hydrogen (secondary N) is 1. The maximum absolute atomic E-state index is 12.2. The number of hydrogen-bond acceptors (Lipinski definition) is 8. The molecule has 2 aliphatic rings. The average molecular weight is 497 g/mol. The second-order valence-electron chi connectivity index (χ2n) is 9.66. The van der Waals surface area contributed by atoms with Gasteiger partial charge in [0.1, 0.15) is 11.6 Å². The fraction of sp³-hybridized carbons (Fsp3) is 0.480. The predicted octanol–water partition coefficient (Wildman–Crippen LogP) is 3.58. The van der Waals surface area contributed by atoms with Gasteiger partial charge in [-0.3, -0.25) is 4.31 Å². The zero-order valence-electron chi connectivity index (χ0n) is 20.4. The van der Waals surface area contributed by atoms with E-state index in [1.165, 1.54) is 29.8 Å². The van der Waals surface area contributed by atoms with Crippen molar-refractivity contribution in [2.75, 3.05) is 42.6 Å². The molecule has 1 aliphatic heterocycles. The lowest BCUT2D eigenvalue weighted by atomic mass is 9.85. The lowest BCUT2D eigenvalue weighted by molar-refractivity contribution is 0.303. The van der Waals surface area contributed by atoms with Crippen LogP contribution in [0.1, 0.15) is 49.1 Å². The maximum Gasteiger partial charge on any atom is 0.248 e.